The normalized spacial score (nSPS) is 21.1. The van der Waals surface area contributed by atoms with Crippen molar-refractivity contribution < 1.29 is 9.59 Å². The van der Waals surface area contributed by atoms with Crippen LogP contribution in [0.4, 0.5) is 4.79 Å². The zero-order valence-corrected chi connectivity index (χ0v) is 14.4. The lowest BCUT2D eigenvalue weighted by Crippen LogP contribution is -2.38. The molecule has 126 valence electrons. The highest BCUT2D eigenvalue weighted by molar-refractivity contribution is 8.00. The van der Waals surface area contributed by atoms with Crippen LogP contribution in [-0.2, 0) is 4.79 Å². The van der Waals surface area contributed by atoms with E-state index in [1.54, 1.807) is 16.7 Å². The number of carbonyl (C=O) groups excluding carboxylic acids is 2. The van der Waals surface area contributed by atoms with Crippen molar-refractivity contribution >= 4 is 34.6 Å². The van der Waals surface area contributed by atoms with Crippen LogP contribution >= 0.6 is 11.8 Å². The van der Waals surface area contributed by atoms with Crippen LogP contribution in [0.1, 0.15) is 16.6 Å². The van der Waals surface area contributed by atoms with Crippen LogP contribution in [0.5, 0.6) is 0 Å². The molecule has 1 aromatic carbocycles. The van der Waals surface area contributed by atoms with Gasteiger partial charge in [-0.2, -0.15) is 0 Å². The maximum Gasteiger partial charge on any atom is 0.317 e. The van der Waals surface area contributed by atoms with Crippen LogP contribution in [0.2, 0.25) is 0 Å². The summed E-state index contributed by atoms with van der Waals surface area (Å²) >= 11 is 1.67. The first-order valence-corrected chi connectivity index (χ1v) is 9.21. The molecular formula is C17H20N4O2S. The monoisotopic (exact) mass is 344 g/mol. The van der Waals surface area contributed by atoms with Gasteiger partial charge in [-0.25, -0.2) is 4.79 Å². The number of H-pyrrole nitrogens is 1. The van der Waals surface area contributed by atoms with Crippen molar-refractivity contribution in [2.45, 2.75) is 12.3 Å². The highest BCUT2D eigenvalue weighted by atomic mass is 32.2. The predicted molar refractivity (Wildman–Crippen MR) is 94.9 cm³/mol. The maximum absolute atomic E-state index is 12.4. The minimum absolute atomic E-state index is 0.0133. The second-order valence-corrected chi connectivity index (χ2v) is 7.25. The molecule has 0 aliphatic carbocycles. The van der Waals surface area contributed by atoms with Gasteiger partial charge in [-0.15, -0.1) is 11.8 Å². The Kier molecular flexibility index (Phi) is 3.88. The number of aryl methyl sites for hydroxylation is 1. The number of urea groups is 1. The van der Waals surface area contributed by atoms with Crippen molar-refractivity contribution in [2.75, 3.05) is 31.9 Å². The molecule has 0 spiro atoms. The van der Waals surface area contributed by atoms with Gasteiger partial charge >= 0.3 is 6.03 Å². The predicted octanol–water partition coefficient (Wildman–Crippen LogP) is 2.08. The molecule has 7 heteroatoms. The Morgan fingerprint density at radius 3 is 2.88 bits per heavy atom. The minimum Gasteiger partial charge on any atom is -0.358 e. The number of nitrogens with one attached hydrogen (secondary N) is 2. The van der Waals surface area contributed by atoms with Gasteiger partial charge in [0, 0.05) is 48.3 Å². The lowest BCUT2D eigenvalue weighted by molar-refractivity contribution is -0.128. The SMILES string of the molecule is Cc1[nH]c2ccccc2c1C1SCC(=O)N1CCN1CCNC1=O. The van der Waals surface area contributed by atoms with Crippen molar-refractivity contribution in [1.29, 1.82) is 0 Å². The summed E-state index contributed by atoms with van der Waals surface area (Å²) < 4.78 is 0. The summed E-state index contributed by atoms with van der Waals surface area (Å²) in [5.74, 6) is 0.643. The number of thioether (sulfide) groups is 1. The molecule has 2 N–H and O–H groups in total. The van der Waals surface area contributed by atoms with E-state index in [0.29, 0.717) is 31.9 Å². The summed E-state index contributed by atoms with van der Waals surface area (Å²) in [6.07, 6.45) is 0. The van der Waals surface area contributed by atoms with E-state index in [2.05, 4.69) is 29.4 Å². The van der Waals surface area contributed by atoms with Gasteiger partial charge in [-0.3, -0.25) is 4.79 Å². The first-order chi connectivity index (χ1) is 11.6. The number of aromatic nitrogens is 1. The lowest BCUT2D eigenvalue weighted by Gasteiger charge is -2.26. The van der Waals surface area contributed by atoms with Crippen molar-refractivity contribution in [3.63, 3.8) is 0 Å². The fraction of sp³-hybridized carbons (Fsp3) is 0.412. The Morgan fingerprint density at radius 2 is 2.08 bits per heavy atom. The number of hydrogen-bond acceptors (Lipinski definition) is 3. The van der Waals surface area contributed by atoms with Crippen LogP contribution in [-0.4, -0.2) is 58.7 Å². The van der Waals surface area contributed by atoms with Crippen LogP contribution in [0, 0.1) is 6.92 Å². The Balaban J connectivity index is 1.60. The summed E-state index contributed by atoms with van der Waals surface area (Å²) in [6, 6.07) is 8.17. The molecule has 1 atom stereocenters. The van der Waals surface area contributed by atoms with Crippen molar-refractivity contribution in [1.82, 2.24) is 20.1 Å². The summed E-state index contributed by atoms with van der Waals surface area (Å²) in [7, 11) is 0. The molecule has 6 nitrogen and oxygen atoms in total. The third-order valence-electron chi connectivity index (χ3n) is 4.71. The summed E-state index contributed by atoms with van der Waals surface area (Å²) in [4.78, 5) is 31.2. The standard InChI is InChI=1S/C17H20N4O2S/c1-11-15(12-4-2-3-5-13(12)19-11)16-21(14(22)10-24-16)9-8-20-7-6-18-17(20)23/h2-5,16,19H,6-10H2,1H3,(H,18,23). The van der Waals surface area contributed by atoms with Gasteiger partial charge in [0.2, 0.25) is 5.91 Å². The summed E-state index contributed by atoms with van der Waals surface area (Å²) in [5.41, 5.74) is 3.39. The smallest absolute Gasteiger partial charge is 0.317 e. The highest BCUT2D eigenvalue weighted by Gasteiger charge is 2.35. The van der Waals surface area contributed by atoms with E-state index >= 15 is 0 Å². The number of amides is 3. The van der Waals surface area contributed by atoms with Crippen molar-refractivity contribution in [3.05, 3.63) is 35.5 Å². The van der Waals surface area contributed by atoms with Crippen LogP contribution in [0.3, 0.4) is 0 Å². The molecule has 4 rings (SSSR count). The van der Waals surface area contributed by atoms with E-state index in [0.717, 1.165) is 11.2 Å². The molecular weight excluding hydrogens is 324 g/mol. The third-order valence-corrected chi connectivity index (χ3v) is 5.93. The van der Waals surface area contributed by atoms with Gasteiger partial charge in [0.1, 0.15) is 5.37 Å². The number of rotatable bonds is 4. The van der Waals surface area contributed by atoms with Gasteiger partial charge in [0.25, 0.3) is 0 Å². The Hall–Kier alpha value is -2.15. The number of aromatic amines is 1. The Morgan fingerprint density at radius 1 is 1.25 bits per heavy atom. The molecule has 0 bridgehead atoms. The fourth-order valence-corrected chi connectivity index (χ4v) is 4.84. The first kappa shape index (κ1) is 15.4. The molecule has 2 fully saturated rings. The van der Waals surface area contributed by atoms with E-state index in [9.17, 15) is 9.59 Å². The number of para-hydroxylation sites is 1. The van der Waals surface area contributed by atoms with Gasteiger partial charge in [-0.05, 0) is 13.0 Å². The largest absolute Gasteiger partial charge is 0.358 e. The summed E-state index contributed by atoms with van der Waals surface area (Å²) in [5, 5.41) is 3.99. The van der Waals surface area contributed by atoms with Gasteiger partial charge in [0.05, 0.1) is 5.75 Å². The van der Waals surface area contributed by atoms with Gasteiger partial charge in [-0.1, -0.05) is 18.2 Å². The van der Waals surface area contributed by atoms with Crippen LogP contribution in [0.25, 0.3) is 10.9 Å². The molecule has 0 radical (unpaired) electrons. The number of hydrogen-bond donors (Lipinski definition) is 2. The zero-order chi connectivity index (χ0) is 16.7. The molecule has 2 saturated heterocycles. The van der Waals surface area contributed by atoms with E-state index in [-0.39, 0.29) is 17.3 Å². The quantitative estimate of drug-likeness (QED) is 0.892. The number of nitrogens with zero attached hydrogens (tertiary/aromatic N) is 2. The molecule has 24 heavy (non-hydrogen) atoms. The molecule has 1 unspecified atom stereocenters. The fourth-order valence-electron chi connectivity index (χ4n) is 3.50. The highest BCUT2D eigenvalue weighted by Crippen LogP contribution is 2.42. The second-order valence-electron chi connectivity index (χ2n) is 6.18. The topological polar surface area (TPSA) is 68.4 Å². The average Bonchev–Trinajstić information content (AvgIpc) is 3.22. The molecule has 3 heterocycles. The van der Waals surface area contributed by atoms with Crippen molar-refractivity contribution in [2.24, 2.45) is 0 Å². The first-order valence-electron chi connectivity index (χ1n) is 8.16. The van der Waals surface area contributed by atoms with Crippen LogP contribution in [0.15, 0.2) is 24.3 Å². The molecule has 3 amide bonds. The molecule has 0 saturated carbocycles. The van der Waals surface area contributed by atoms with Crippen molar-refractivity contribution in [3.8, 4) is 0 Å². The Labute approximate surface area is 144 Å². The molecule has 2 aliphatic rings. The van der Waals surface area contributed by atoms with Crippen LogP contribution < -0.4 is 5.32 Å². The molecule has 1 aromatic heterocycles. The maximum atomic E-state index is 12.4. The Bertz CT molecular complexity index is 803. The van der Waals surface area contributed by atoms with E-state index < -0.39 is 0 Å². The minimum atomic E-state index is -0.0332. The number of fused-ring (bicyclic) bond motifs is 1. The second kappa shape index (κ2) is 6.05. The van der Waals surface area contributed by atoms with Gasteiger partial charge < -0.3 is 20.1 Å². The third kappa shape index (κ3) is 2.53. The zero-order valence-electron chi connectivity index (χ0n) is 13.5. The number of benzene rings is 1. The van der Waals surface area contributed by atoms with E-state index in [1.165, 1.54) is 10.9 Å². The molecule has 2 aliphatic heterocycles. The average molecular weight is 344 g/mol. The van der Waals surface area contributed by atoms with E-state index in [1.807, 2.05) is 17.0 Å². The molecule has 2 aromatic rings. The lowest BCUT2D eigenvalue weighted by atomic mass is 10.1. The summed E-state index contributed by atoms with van der Waals surface area (Å²) in [6.45, 7) is 4.61. The van der Waals surface area contributed by atoms with E-state index in [4.69, 9.17) is 0 Å². The number of carbonyl (C=O) groups is 2. The van der Waals surface area contributed by atoms with Gasteiger partial charge in [0.15, 0.2) is 0 Å².